The molecule has 134 valence electrons. The van der Waals surface area contributed by atoms with Crippen molar-refractivity contribution in [2.24, 2.45) is 0 Å². The largest absolute Gasteiger partial charge is 0.491 e. The number of aromatic nitrogens is 3. The summed E-state index contributed by atoms with van der Waals surface area (Å²) < 4.78 is 13.1. The third-order valence-electron chi connectivity index (χ3n) is 4.37. The zero-order valence-electron chi connectivity index (χ0n) is 14.7. The number of hydrogen-bond acceptors (Lipinski definition) is 5. The fourth-order valence-electron chi connectivity index (χ4n) is 3.06. The van der Waals surface area contributed by atoms with Crippen molar-refractivity contribution in [2.45, 2.75) is 32.9 Å². The van der Waals surface area contributed by atoms with Gasteiger partial charge in [0.25, 0.3) is 0 Å². The van der Waals surface area contributed by atoms with E-state index in [2.05, 4.69) is 17.0 Å². The van der Waals surface area contributed by atoms with Gasteiger partial charge in [0, 0.05) is 37.4 Å². The van der Waals surface area contributed by atoms with Crippen molar-refractivity contribution in [3.8, 4) is 5.75 Å². The van der Waals surface area contributed by atoms with Gasteiger partial charge in [0.1, 0.15) is 12.4 Å². The molecule has 0 saturated carbocycles. The monoisotopic (exact) mass is 344 g/mol. The number of carbonyl (C=O) groups is 1. The van der Waals surface area contributed by atoms with E-state index in [1.165, 1.54) is 0 Å². The van der Waals surface area contributed by atoms with Crippen LogP contribution in [0.4, 0.5) is 0 Å². The maximum Gasteiger partial charge on any atom is 0.248 e. The molecule has 3 rings (SSSR count). The van der Waals surface area contributed by atoms with Crippen LogP contribution in [0.25, 0.3) is 0 Å². The smallest absolute Gasteiger partial charge is 0.248 e. The van der Waals surface area contributed by atoms with Gasteiger partial charge in [-0.3, -0.25) is 14.5 Å². The molecule has 1 amide bonds. The molecule has 0 bridgehead atoms. The Morgan fingerprint density at radius 2 is 2.24 bits per heavy atom. The highest BCUT2D eigenvalue weighted by atomic mass is 16.5. The zero-order valence-corrected chi connectivity index (χ0v) is 14.7. The minimum absolute atomic E-state index is 0.00253. The number of nitrogens with zero attached hydrogens (tertiary/aromatic N) is 4. The van der Waals surface area contributed by atoms with E-state index in [0.717, 1.165) is 23.6 Å². The predicted octanol–water partition coefficient (Wildman–Crippen LogP) is 1.84. The molecule has 0 aliphatic carbocycles. The topological polar surface area (TPSA) is 69.5 Å². The number of hydrogen-bond donors (Lipinski definition) is 0. The summed E-state index contributed by atoms with van der Waals surface area (Å²) in [4.78, 5) is 18.3. The van der Waals surface area contributed by atoms with Crippen molar-refractivity contribution < 1.29 is 14.3 Å². The summed E-state index contributed by atoms with van der Waals surface area (Å²) in [6.07, 6.45) is 5.31. The van der Waals surface area contributed by atoms with Crippen molar-refractivity contribution in [1.82, 2.24) is 19.7 Å². The second-order valence-corrected chi connectivity index (χ2v) is 5.97. The van der Waals surface area contributed by atoms with E-state index < -0.39 is 0 Å². The molecule has 3 heterocycles. The lowest BCUT2D eigenvalue weighted by Crippen LogP contribution is -2.42. The third-order valence-corrected chi connectivity index (χ3v) is 4.37. The van der Waals surface area contributed by atoms with Gasteiger partial charge in [-0.15, -0.1) is 0 Å². The summed E-state index contributed by atoms with van der Waals surface area (Å²) in [5, 5.41) is 4.46. The average Bonchev–Trinajstić information content (AvgIpc) is 3.08. The van der Waals surface area contributed by atoms with Crippen LogP contribution in [-0.4, -0.2) is 51.9 Å². The standard InChI is InChI=1S/C18H24N4O3/c1-3-22-17-11-21(18(23)13-24-4-2)10-14(16(17)9-20-22)12-25-15-6-5-7-19-8-15/h5-9,14H,3-4,10-13H2,1-2H3/t14-/m1/s1. The van der Waals surface area contributed by atoms with Crippen LogP contribution in [0.1, 0.15) is 31.0 Å². The summed E-state index contributed by atoms with van der Waals surface area (Å²) in [5.41, 5.74) is 2.24. The fourth-order valence-corrected chi connectivity index (χ4v) is 3.06. The van der Waals surface area contributed by atoms with Gasteiger partial charge in [-0.05, 0) is 26.0 Å². The van der Waals surface area contributed by atoms with Gasteiger partial charge in [-0.25, -0.2) is 0 Å². The van der Waals surface area contributed by atoms with Gasteiger partial charge in [-0.2, -0.15) is 5.10 Å². The van der Waals surface area contributed by atoms with Crippen molar-refractivity contribution in [2.75, 3.05) is 26.4 Å². The Hall–Kier alpha value is -2.41. The highest BCUT2D eigenvalue weighted by molar-refractivity contribution is 5.77. The molecule has 1 atom stereocenters. The second-order valence-electron chi connectivity index (χ2n) is 5.97. The number of pyridine rings is 1. The molecule has 1 aliphatic heterocycles. The summed E-state index contributed by atoms with van der Waals surface area (Å²) in [6, 6.07) is 3.72. The van der Waals surface area contributed by atoms with Crippen LogP contribution in [0.15, 0.2) is 30.7 Å². The van der Waals surface area contributed by atoms with E-state index in [1.807, 2.05) is 34.8 Å². The molecule has 7 heteroatoms. The van der Waals surface area contributed by atoms with Crippen molar-refractivity contribution in [3.05, 3.63) is 42.0 Å². The molecule has 0 aromatic carbocycles. The molecule has 0 unspecified atom stereocenters. The maximum absolute atomic E-state index is 12.4. The molecule has 7 nitrogen and oxygen atoms in total. The first-order valence-corrected chi connectivity index (χ1v) is 8.65. The van der Waals surface area contributed by atoms with Gasteiger partial charge in [-0.1, -0.05) is 0 Å². The van der Waals surface area contributed by atoms with E-state index in [0.29, 0.717) is 26.3 Å². The molecule has 0 saturated heterocycles. The summed E-state index contributed by atoms with van der Waals surface area (Å²) in [5.74, 6) is 0.808. The lowest BCUT2D eigenvalue weighted by Gasteiger charge is -2.33. The lowest BCUT2D eigenvalue weighted by molar-refractivity contribution is -0.137. The molecule has 0 fully saturated rings. The number of rotatable bonds is 7. The molecule has 2 aromatic heterocycles. The number of ether oxygens (including phenoxy) is 2. The van der Waals surface area contributed by atoms with E-state index in [4.69, 9.17) is 9.47 Å². The Morgan fingerprint density at radius 1 is 1.36 bits per heavy atom. The summed E-state index contributed by atoms with van der Waals surface area (Å²) in [7, 11) is 0. The van der Waals surface area contributed by atoms with E-state index >= 15 is 0 Å². The molecule has 0 spiro atoms. The maximum atomic E-state index is 12.4. The molecule has 1 aliphatic rings. The zero-order chi connectivity index (χ0) is 17.6. The molecular formula is C18H24N4O3. The fraction of sp³-hybridized carbons (Fsp3) is 0.500. The molecule has 0 radical (unpaired) electrons. The Bertz CT molecular complexity index is 702. The number of carbonyl (C=O) groups excluding carboxylic acids is 1. The number of amides is 1. The van der Waals surface area contributed by atoms with Gasteiger partial charge in [0.2, 0.25) is 5.91 Å². The van der Waals surface area contributed by atoms with Gasteiger partial charge in [0.15, 0.2) is 0 Å². The Morgan fingerprint density at radius 3 is 2.96 bits per heavy atom. The van der Waals surface area contributed by atoms with Crippen LogP contribution < -0.4 is 4.74 Å². The molecule has 0 N–H and O–H groups in total. The minimum atomic E-state index is 0.00253. The minimum Gasteiger partial charge on any atom is -0.491 e. The van der Waals surface area contributed by atoms with Gasteiger partial charge < -0.3 is 14.4 Å². The quantitative estimate of drug-likeness (QED) is 0.766. The van der Waals surface area contributed by atoms with Crippen molar-refractivity contribution >= 4 is 5.91 Å². The normalized spacial score (nSPS) is 16.6. The van der Waals surface area contributed by atoms with Crippen LogP contribution in [0, 0.1) is 0 Å². The first kappa shape index (κ1) is 17.4. The van der Waals surface area contributed by atoms with E-state index in [9.17, 15) is 4.79 Å². The highest BCUT2D eigenvalue weighted by Gasteiger charge is 2.31. The second kappa shape index (κ2) is 8.11. The Labute approximate surface area is 147 Å². The van der Waals surface area contributed by atoms with Crippen molar-refractivity contribution in [1.29, 1.82) is 0 Å². The van der Waals surface area contributed by atoms with Gasteiger partial charge >= 0.3 is 0 Å². The van der Waals surface area contributed by atoms with Crippen LogP contribution >= 0.6 is 0 Å². The first-order chi connectivity index (χ1) is 12.2. The Balaban J connectivity index is 1.76. The number of fused-ring (bicyclic) bond motifs is 1. The SMILES string of the molecule is CCOCC(=O)N1Cc2c(cnn2CC)[C@@H](COc2cccnc2)C1. The lowest BCUT2D eigenvalue weighted by atomic mass is 9.95. The van der Waals surface area contributed by atoms with Gasteiger partial charge in [0.05, 0.1) is 31.2 Å². The first-order valence-electron chi connectivity index (χ1n) is 8.65. The van der Waals surface area contributed by atoms with E-state index in [-0.39, 0.29) is 18.4 Å². The highest BCUT2D eigenvalue weighted by Crippen LogP contribution is 2.29. The molecular weight excluding hydrogens is 320 g/mol. The van der Waals surface area contributed by atoms with Crippen LogP contribution in [0.5, 0.6) is 5.75 Å². The summed E-state index contributed by atoms with van der Waals surface area (Å²) in [6.45, 7) is 7.01. The third kappa shape index (κ3) is 3.99. The van der Waals surface area contributed by atoms with E-state index in [1.54, 1.807) is 12.4 Å². The van der Waals surface area contributed by atoms with Crippen molar-refractivity contribution in [3.63, 3.8) is 0 Å². The van der Waals surface area contributed by atoms with Crippen LogP contribution in [0.2, 0.25) is 0 Å². The number of aryl methyl sites for hydroxylation is 1. The summed E-state index contributed by atoms with van der Waals surface area (Å²) >= 11 is 0. The predicted molar refractivity (Wildman–Crippen MR) is 92.3 cm³/mol. The Kier molecular flexibility index (Phi) is 5.65. The average molecular weight is 344 g/mol. The van der Waals surface area contributed by atoms with Crippen LogP contribution in [-0.2, 0) is 22.6 Å². The van der Waals surface area contributed by atoms with Crippen LogP contribution in [0.3, 0.4) is 0 Å². The molecule has 2 aromatic rings. The molecule has 25 heavy (non-hydrogen) atoms.